The van der Waals surface area contributed by atoms with Crippen molar-refractivity contribution in [1.82, 2.24) is 4.90 Å². The molecule has 0 amide bonds. The van der Waals surface area contributed by atoms with Crippen molar-refractivity contribution in [2.75, 3.05) is 13.1 Å². The van der Waals surface area contributed by atoms with Crippen LogP contribution in [-0.4, -0.2) is 24.0 Å². The van der Waals surface area contributed by atoms with E-state index in [2.05, 4.69) is 24.8 Å². The second kappa shape index (κ2) is 5.24. The van der Waals surface area contributed by atoms with Crippen LogP contribution in [0.4, 0.5) is 0 Å². The Hall–Kier alpha value is -0.550. The molecule has 0 aromatic carbocycles. The van der Waals surface area contributed by atoms with E-state index in [-0.39, 0.29) is 0 Å². The standard InChI is InChI=1S/C11H20N2/c1-10-5-8-13(11(2)9-10)7-4-3-6-12/h10-11H,3-5,7-9H2,1-2H3. The minimum atomic E-state index is 0.707. The number of hydrogen-bond acceptors (Lipinski definition) is 2. The average Bonchev–Trinajstić information content (AvgIpc) is 2.09. The highest BCUT2D eigenvalue weighted by atomic mass is 15.2. The second-order valence-corrected chi connectivity index (χ2v) is 4.28. The van der Waals surface area contributed by atoms with Crippen LogP contribution in [0.1, 0.15) is 39.5 Å². The summed E-state index contributed by atoms with van der Waals surface area (Å²) < 4.78 is 0. The fraction of sp³-hybridized carbons (Fsp3) is 0.909. The number of hydrogen-bond donors (Lipinski definition) is 0. The zero-order valence-electron chi connectivity index (χ0n) is 8.79. The second-order valence-electron chi connectivity index (χ2n) is 4.28. The van der Waals surface area contributed by atoms with E-state index in [4.69, 9.17) is 5.26 Å². The van der Waals surface area contributed by atoms with Crippen molar-refractivity contribution in [3.05, 3.63) is 0 Å². The minimum Gasteiger partial charge on any atom is -0.301 e. The van der Waals surface area contributed by atoms with Crippen LogP contribution in [0.5, 0.6) is 0 Å². The summed E-state index contributed by atoms with van der Waals surface area (Å²) >= 11 is 0. The van der Waals surface area contributed by atoms with Gasteiger partial charge in [-0.25, -0.2) is 0 Å². The van der Waals surface area contributed by atoms with E-state index in [1.165, 1.54) is 19.4 Å². The summed E-state index contributed by atoms with van der Waals surface area (Å²) in [4.78, 5) is 2.53. The Bertz CT molecular complexity index is 183. The lowest BCUT2D eigenvalue weighted by atomic mass is 9.93. The highest BCUT2D eigenvalue weighted by molar-refractivity contribution is 4.78. The highest BCUT2D eigenvalue weighted by Crippen LogP contribution is 2.21. The molecule has 1 rings (SSSR count). The van der Waals surface area contributed by atoms with Gasteiger partial charge >= 0.3 is 0 Å². The van der Waals surface area contributed by atoms with Crippen LogP contribution in [0.15, 0.2) is 0 Å². The SMILES string of the molecule is CC1CCN(CCCC#N)C(C)C1. The zero-order chi connectivity index (χ0) is 9.68. The third-order valence-electron chi connectivity index (χ3n) is 3.01. The molecule has 13 heavy (non-hydrogen) atoms. The van der Waals surface area contributed by atoms with Crippen LogP contribution in [-0.2, 0) is 0 Å². The molecule has 2 atom stereocenters. The minimum absolute atomic E-state index is 0.707. The molecule has 0 aromatic rings. The smallest absolute Gasteiger partial charge is 0.0622 e. The first-order valence-corrected chi connectivity index (χ1v) is 5.35. The summed E-state index contributed by atoms with van der Waals surface area (Å²) in [5.74, 6) is 0.891. The van der Waals surface area contributed by atoms with Gasteiger partial charge in [-0.3, -0.25) is 0 Å². The first-order chi connectivity index (χ1) is 6.24. The molecule has 1 aliphatic heterocycles. The van der Waals surface area contributed by atoms with Crippen LogP contribution in [0.3, 0.4) is 0 Å². The van der Waals surface area contributed by atoms with Gasteiger partial charge in [0.05, 0.1) is 6.07 Å². The summed E-state index contributed by atoms with van der Waals surface area (Å²) in [6.07, 6.45) is 4.40. The van der Waals surface area contributed by atoms with Crippen molar-refractivity contribution < 1.29 is 0 Å². The van der Waals surface area contributed by atoms with Crippen LogP contribution in [0.2, 0.25) is 0 Å². The lowest BCUT2D eigenvalue weighted by molar-refractivity contribution is 0.128. The van der Waals surface area contributed by atoms with Crippen LogP contribution in [0.25, 0.3) is 0 Å². The number of unbranched alkanes of at least 4 members (excludes halogenated alkanes) is 1. The molecule has 74 valence electrons. The molecule has 0 N–H and O–H groups in total. The number of rotatable bonds is 3. The highest BCUT2D eigenvalue weighted by Gasteiger charge is 2.21. The lowest BCUT2D eigenvalue weighted by Crippen LogP contribution is -2.40. The summed E-state index contributed by atoms with van der Waals surface area (Å²) in [7, 11) is 0. The third kappa shape index (κ3) is 3.36. The van der Waals surface area contributed by atoms with Gasteiger partial charge in [0.2, 0.25) is 0 Å². The number of likely N-dealkylation sites (tertiary alicyclic amines) is 1. The molecule has 1 heterocycles. The largest absolute Gasteiger partial charge is 0.301 e. The number of nitriles is 1. The van der Waals surface area contributed by atoms with Crippen LogP contribution < -0.4 is 0 Å². The third-order valence-corrected chi connectivity index (χ3v) is 3.01. The van der Waals surface area contributed by atoms with Gasteiger partial charge in [-0.05, 0) is 45.2 Å². The summed E-state index contributed by atoms with van der Waals surface area (Å²) in [5, 5.41) is 8.44. The normalized spacial score (nSPS) is 29.9. The molecule has 0 bridgehead atoms. The van der Waals surface area contributed by atoms with Crippen molar-refractivity contribution in [2.24, 2.45) is 5.92 Å². The first-order valence-electron chi connectivity index (χ1n) is 5.35. The van der Waals surface area contributed by atoms with Crippen molar-refractivity contribution >= 4 is 0 Å². The van der Waals surface area contributed by atoms with Gasteiger partial charge < -0.3 is 4.90 Å². The van der Waals surface area contributed by atoms with Gasteiger partial charge in [0.15, 0.2) is 0 Å². The molecule has 0 saturated carbocycles. The Morgan fingerprint density at radius 3 is 2.85 bits per heavy atom. The topological polar surface area (TPSA) is 27.0 Å². The van der Waals surface area contributed by atoms with E-state index in [0.29, 0.717) is 6.42 Å². The molecule has 0 radical (unpaired) electrons. The van der Waals surface area contributed by atoms with Crippen molar-refractivity contribution in [3.8, 4) is 6.07 Å². The van der Waals surface area contributed by atoms with E-state index >= 15 is 0 Å². The van der Waals surface area contributed by atoms with Crippen LogP contribution >= 0.6 is 0 Å². The first kappa shape index (κ1) is 10.5. The summed E-state index contributed by atoms with van der Waals surface area (Å²) in [6, 6.07) is 2.93. The number of piperidine rings is 1. The van der Waals surface area contributed by atoms with E-state index in [9.17, 15) is 0 Å². The maximum atomic E-state index is 8.44. The Morgan fingerprint density at radius 1 is 1.46 bits per heavy atom. The monoisotopic (exact) mass is 180 g/mol. The molecule has 2 heteroatoms. The maximum Gasteiger partial charge on any atom is 0.0622 e. The Labute approximate surface area is 81.5 Å². The van der Waals surface area contributed by atoms with Gasteiger partial charge in [0.25, 0.3) is 0 Å². The van der Waals surface area contributed by atoms with Crippen molar-refractivity contribution in [3.63, 3.8) is 0 Å². The van der Waals surface area contributed by atoms with Crippen LogP contribution in [0, 0.1) is 17.2 Å². The molecule has 0 aliphatic carbocycles. The Morgan fingerprint density at radius 2 is 2.23 bits per heavy atom. The van der Waals surface area contributed by atoms with E-state index in [1.807, 2.05) is 0 Å². The molecule has 1 aliphatic rings. The predicted octanol–water partition coefficient (Wildman–Crippen LogP) is 2.41. The maximum absolute atomic E-state index is 8.44. The average molecular weight is 180 g/mol. The molecule has 0 spiro atoms. The summed E-state index contributed by atoms with van der Waals surface area (Å²) in [6.45, 7) is 6.99. The number of nitrogens with zero attached hydrogens (tertiary/aromatic N) is 2. The molecule has 1 fully saturated rings. The predicted molar refractivity (Wildman–Crippen MR) is 54.3 cm³/mol. The Kier molecular flexibility index (Phi) is 4.24. The molecular weight excluding hydrogens is 160 g/mol. The molecular formula is C11H20N2. The van der Waals surface area contributed by atoms with Crippen molar-refractivity contribution in [2.45, 2.75) is 45.6 Å². The van der Waals surface area contributed by atoms with Gasteiger partial charge in [0.1, 0.15) is 0 Å². The quantitative estimate of drug-likeness (QED) is 0.624. The summed E-state index contributed by atoms with van der Waals surface area (Å²) in [5.41, 5.74) is 0. The van der Waals surface area contributed by atoms with Gasteiger partial charge in [-0.15, -0.1) is 0 Å². The van der Waals surface area contributed by atoms with E-state index in [1.54, 1.807) is 0 Å². The van der Waals surface area contributed by atoms with E-state index in [0.717, 1.165) is 24.9 Å². The zero-order valence-corrected chi connectivity index (χ0v) is 8.79. The molecule has 2 nitrogen and oxygen atoms in total. The molecule has 2 unspecified atom stereocenters. The fourth-order valence-corrected chi connectivity index (χ4v) is 2.15. The molecule has 0 aromatic heterocycles. The Balaban J connectivity index is 2.22. The molecule has 1 saturated heterocycles. The fourth-order valence-electron chi connectivity index (χ4n) is 2.15. The van der Waals surface area contributed by atoms with E-state index < -0.39 is 0 Å². The lowest BCUT2D eigenvalue weighted by Gasteiger charge is -2.36. The van der Waals surface area contributed by atoms with Gasteiger partial charge in [-0.2, -0.15) is 5.26 Å². The van der Waals surface area contributed by atoms with Crippen molar-refractivity contribution in [1.29, 1.82) is 5.26 Å². The van der Waals surface area contributed by atoms with Gasteiger partial charge in [-0.1, -0.05) is 6.92 Å². The van der Waals surface area contributed by atoms with Gasteiger partial charge in [0, 0.05) is 12.5 Å².